The molecule has 0 aliphatic carbocycles. The van der Waals surface area contributed by atoms with Crippen molar-refractivity contribution in [1.82, 2.24) is 0 Å². The molecule has 0 rings (SSSR count). The van der Waals surface area contributed by atoms with Gasteiger partial charge in [0.1, 0.15) is 15.4 Å². The first kappa shape index (κ1) is 37.5. The largest absolute Gasteiger partial charge is 1.00 e. The van der Waals surface area contributed by atoms with Gasteiger partial charge in [-0.15, -0.1) is 0 Å². The number of hydrogen-bond donors (Lipinski definition) is 0. The Labute approximate surface area is 240 Å². The molecule has 0 heterocycles. The molecule has 204 valence electrons. The van der Waals surface area contributed by atoms with Gasteiger partial charge in [0.25, 0.3) is 0 Å². The molecule has 0 N–H and O–H groups in total. The molecule has 5 nitrogen and oxygen atoms in total. The van der Waals surface area contributed by atoms with E-state index in [9.17, 15) is 17.8 Å². The topological polar surface area (TPSA) is 83.5 Å². The fourth-order valence-corrected chi connectivity index (χ4v) is 5.17. The molecule has 0 amide bonds. The van der Waals surface area contributed by atoms with E-state index < -0.39 is 21.3 Å². The Hall–Kier alpha value is 0.380. The van der Waals surface area contributed by atoms with E-state index in [1.807, 2.05) is 0 Å². The van der Waals surface area contributed by atoms with Crippen molar-refractivity contribution < 1.29 is 52.1 Å². The second-order valence-corrected chi connectivity index (χ2v) is 11.6. The number of ether oxygens (including phenoxy) is 1. The Balaban J connectivity index is 0. The van der Waals surface area contributed by atoms with Gasteiger partial charge in [0.15, 0.2) is 0 Å². The average molecular weight is 527 g/mol. The second kappa shape index (κ2) is 27.4. The third-order valence-corrected chi connectivity index (χ3v) is 7.80. The van der Waals surface area contributed by atoms with E-state index in [-0.39, 0.29) is 42.6 Å². The third-order valence-electron chi connectivity index (χ3n) is 6.67. The summed E-state index contributed by atoms with van der Waals surface area (Å²) in [5, 5.41) is -1.54. The third kappa shape index (κ3) is 25.8. The Morgan fingerprint density at radius 2 is 0.914 bits per heavy atom. The van der Waals surface area contributed by atoms with Gasteiger partial charge in [0.2, 0.25) is 0 Å². The van der Waals surface area contributed by atoms with Crippen LogP contribution in [0.1, 0.15) is 162 Å². The van der Waals surface area contributed by atoms with E-state index in [4.69, 9.17) is 4.74 Å². The molecule has 0 aromatic rings. The fourth-order valence-electron chi connectivity index (χ4n) is 4.41. The first-order valence-electron chi connectivity index (χ1n) is 14.5. The van der Waals surface area contributed by atoms with E-state index in [0.29, 0.717) is 6.42 Å². The number of esters is 1. The van der Waals surface area contributed by atoms with Gasteiger partial charge in [-0.3, -0.25) is 4.79 Å². The molecule has 0 bridgehead atoms. The number of carbonyl (C=O) groups is 1. The molecule has 35 heavy (non-hydrogen) atoms. The van der Waals surface area contributed by atoms with Gasteiger partial charge in [-0.2, -0.15) is 0 Å². The quantitative estimate of drug-likeness (QED) is 0.0647. The molecular weight excluding hydrogens is 471 g/mol. The van der Waals surface area contributed by atoms with Crippen LogP contribution in [0.4, 0.5) is 0 Å². The van der Waals surface area contributed by atoms with E-state index >= 15 is 0 Å². The van der Waals surface area contributed by atoms with Crippen molar-refractivity contribution in [3.05, 3.63) is 0 Å². The molecule has 0 fully saturated rings. The van der Waals surface area contributed by atoms with E-state index in [2.05, 4.69) is 13.8 Å². The van der Waals surface area contributed by atoms with E-state index in [0.717, 1.165) is 38.5 Å². The maximum Gasteiger partial charge on any atom is 1.00 e. The Morgan fingerprint density at radius 3 is 1.26 bits per heavy atom. The maximum absolute atomic E-state index is 12.2. The van der Waals surface area contributed by atoms with Crippen molar-refractivity contribution in [2.24, 2.45) is 0 Å². The summed E-state index contributed by atoms with van der Waals surface area (Å²) in [6, 6.07) is 0. The molecule has 0 saturated carbocycles. The van der Waals surface area contributed by atoms with E-state index in [1.165, 1.54) is 96.3 Å². The number of hydrogen-bond acceptors (Lipinski definition) is 5. The van der Waals surface area contributed by atoms with Gasteiger partial charge in [0.05, 0.1) is 6.61 Å². The summed E-state index contributed by atoms with van der Waals surface area (Å²) in [6.07, 6.45) is 25.8. The predicted octanol–water partition coefficient (Wildman–Crippen LogP) is 5.46. The number of unbranched alkanes of at least 4 members (excludes halogenated alkanes) is 20. The van der Waals surface area contributed by atoms with E-state index in [1.54, 1.807) is 0 Å². The zero-order valence-corrected chi connectivity index (χ0v) is 26.3. The Kier molecular flexibility index (Phi) is 29.4. The molecule has 0 radical (unpaired) electrons. The zero-order chi connectivity index (χ0) is 25.3. The first-order valence-corrected chi connectivity index (χ1v) is 16.0. The van der Waals surface area contributed by atoms with Gasteiger partial charge < -0.3 is 9.29 Å². The van der Waals surface area contributed by atoms with Crippen molar-refractivity contribution in [3.8, 4) is 0 Å². The summed E-state index contributed by atoms with van der Waals surface area (Å²) in [7, 11) is -4.67. The Bertz CT molecular complexity index is 554. The van der Waals surface area contributed by atoms with Crippen LogP contribution in [0.25, 0.3) is 0 Å². The molecule has 7 heteroatoms. The van der Waals surface area contributed by atoms with Crippen LogP contribution in [0.5, 0.6) is 0 Å². The standard InChI is InChI=1S/C28H56O5S.Na/c1-3-5-7-9-11-13-15-16-17-19-21-23-25-27(34(30,31)32)28(29)33-26-24-22-20-18-14-12-10-8-6-4-2;/h27H,3-26H2,1-2H3,(H,30,31,32);/q;+1/p-1. The van der Waals surface area contributed by atoms with Crippen LogP contribution in [0.3, 0.4) is 0 Å². The van der Waals surface area contributed by atoms with Gasteiger partial charge in [-0.25, -0.2) is 8.42 Å². The molecule has 0 spiro atoms. The van der Waals surface area contributed by atoms with Gasteiger partial charge in [0, 0.05) is 0 Å². The van der Waals surface area contributed by atoms with Gasteiger partial charge >= 0.3 is 35.5 Å². The van der Waals surface area contributed by atoms with Crippen molar-refractivity contribution in [2.45, 2.75) is 167 Å². The second-order valence-electron chi connectivity index (χ2n) is 10.0. The fraction of sp³-hybridized carbons (Fsp3) is 0.964. The predicted molar refractivity (Wildman–Crippen MR) is 142 cm³/mol. The maximum atomic E-state index is 12.2. The zero-order valence-electron chi connectivity index (χ0n) is 23.5. The van der Waals surface area contributed by atoms with Crippen molar-refractivity contribution in [3.63, 3.8) is 0 Å². The van der Waals surface area contributed by atoms with Crippen LogP contribution < -0.4 is 29.6 Å². The smallest absolute Gasteiger partial charge is 0.747 e. The molecular formula is C28H55NaO5S. The van der Waals surface area contributed by atoms with Crippen LogP contribution in [0, 0.1) is 0 Å². The summed E-state index contributed by atoms with van der Waals surface area (Å²) in [5.41, 5.74) is 0. The molecule has 1 unspecified atom stereocenters. The minimum absolute atomic E-state index is 0. The summed E-state index contributed by atoms with van der Waals surface area (Å²) in [5.74, 6) is -0.853. The van der Waals surface area contributed by atoms with Crippen LogP contribution in [-0.2, 0) is 19.6 Å². The molecule has 0 saturated heterocycles. The number of rotatable bonds is 26. The minimum atomic E-state index is -4.67. The molecule has 0 aliphatic heterocycles. The van der Waals surface area contributed by atoms with Crippen molar-refractivity contribution in [2.75, 3.05) is 6.61 Å². The summed E-state index contributed by atoms with van der Waals surface area (Å²) in [6.45, 7) is 4.66. The summed E-state index contributed by atoms with van der Waals surface area (Å²) < 4.78 is 39.8. The minimum Gasteiger partial charge on any atom is -0.747 e. The van der Waals surface area contributed by atoms with Crippen molar-refractivity contribution in [1.29, 1.82) is 0 Å². The average Bonchev–Trinajstić information content (AvgIpc) is 2.79. The van der Waals surface area contributed by atoms with Gasteiger partial charge in [-0.05, 0) is 12.8 Å². The SMILES string of the molecule is CCCCCCCCCCCCCCC(C(=O)OCCCCCCCCCCCC)S(=O)(=O)[O-].[Na+]. The van der Waals surface area contributed by atoms with Crippen LogP contribution in [0.2, 0.25) is 0 Å². The molecule has 0 aromatic carbocycles. The van der Waals surface area contributed by atoms with Crippen LogP contribution >= 0.6 is 0 Å². The van der Waals surface area contributed by atoms with Crippen molar-refractivity contribution >= 4 is 16.1 Å². The normalized spacial score (nSPS) is 12.3. The first-order chi connectivity index (χ1) is 16.4. The monoisotopic (exact) mass is 526 g/mol. The summed E-state index contributed by atoms with van der Waals surface area (Å²) in [4.78, 5) is 12.2. The number of carbonyl (C=O) groups excluding carboxylic acids is 1. The Morgan fingerprint density at radius 1 is 0.600 bits per heavy atom. The van der Waals surface area contributed by atoms with Crippen LogP contribution in [-0.4, -0.2) is 30.8 Å². The summed E-state index contributed by atoms with van der Waals surface area (Å²) >= 11 is 0. The molecule has 0 aliphatic rings. The molecule has 1 atom stereocenters. The molecule has 0 aromatic heterocycles. The van der Waals surface area contributed by atoms with Crippen LogP contribution in [0.15, 0.2) is 0 Å². The van der Waals surface area contributed by atoms with Gasteiger partial charge in [-0.1, -0.05) is 149 Å².